The van der Waals surface area contributed by atoms with Crippen LogP contribution >= 0.6 is 0 Å². The molecule has 0 aliphatic carbocycles. The van der Waals surface area contributed by atoms with Crippen molar-refractivity contribution < 1.29 is 27.5 Å². The van der Waals surface area contributed by atoms with E-state index < -0.39 is 22.0 Å². The zero-order valence-electron chi connectivity index (χ0n) is 31.6. The van der Waals surface area contributed by atoms with Crippen LogP contribution in [0.4, 0.5) is 17.3 Å². The predicted molar refractivity (Wildman–Crippen MR) is 210 cm³/mol. The maximum atomic E-state index is 13.2. The summed E-state index contributed by atoms with van der Waals surface area (Å²) in [5, 5.41) is 17.0. The van der Waals surface area contributed by atoms with E-state index in [1.807, 2.05) is 32.0 Å². The third kappa shape index (κ3) is 6.86. The van der Waals surface area contributed by atoms with Gasteiger partial charge in [0.05, 0.1) is 17.7 Å². The van der Waals surface area contributed by atoms with Crippen molar-refractivity contribution in [3.63, 3.8) is 0 Å². The first-order valence-corrected chi connectivity index (χ1v) is 20.6. The molecule has 296 valence electrons. The van der Waals surface area contributed by atoms with E-state index in [-0.39, 0.29) is 28.5 Å². The average Bonchev–Trinajstić information content (AvgIpc) is 3.91. The van der Waals surface area contributed by atoms with Gasteiger partial charge in [-0.2, -0.15) is 10.1 Å². The highest BCUT2D eigenvalue weighted by atomic mass is 32.2. The summed E-state index contributed by atoms with van der Waals surface area (Å²) in [4.78, 5) is 48.2. The number of likely N-dealkylation sites (tertiary alicyclic amines) is 1. The number of ether oxygens (including phenoxy) is 1. The highest BCUT2D eigenvalue weighted by Crippen LogP contribution is 2.43. The van der Waals surface area contributed by atoms with Gasteiger partial charge in [-0.05, 0) is 86.8 Å². The molecule has 4 aliphatic rings. The molecule has 1 spiro atoms. The number of sulfonamides is 1. The van der Waals surface area contributed by atoms with Crippen molar-refractivity contribution in [3.8, 4) is 16.9 Å². The molecule has 57 heavy (non-hydrogen) atoms. The Morgan fingerprint density at radius 1 is 1.04 bits per heavy atom. The monoisotopic (exact) mass is 793 g/mol. The van der Waals surface area contributed by atoms with Gasteiger partial charge in [0.1, 0.15) is 6.04 Å². The second kappa shape index (κ2) is 14.3. The number of pyridine rings is 1. The van der Waals surface area contributed by atoms with Crippen LogP contribution in [-0.2, 0) is 26.2 Å². The lowest BCUT2D eigenvalue weighted by Gasteiger charge is -2.61. The summed E-state index contributed by atoms with van der Waals surface area (Å²) >= 11 is 0. The van der Waals surface area contributed by atoms with Crippen LogP contribution in [0, 0.1) is 12.3 Å². The van der Waals surface area contributed by atoms with Crippen LogP contribution in [0.3, 0.4) is 0 Å². The SMILES string of the molecule is CCOc1c(-c2cn[nH]c2)ccn2nc(Nc3ccc(S(=O)(=O)NCCCN4CC5(C4)CN(c4ccc6c(c4)CN(C4CCC(=O)NC4=O)C6=O)C5)cc3C)nc12. The molecule has 3 saturated heterocycles. The second-order valence-corrected chi connectivity index (χ2v) is 17.1. The van der Waals surface area contributed by atoms with E-state index in [1.54, 1.807) is 46.2 Å². The van der Waals surface area contributed by atoms with E-state index in [0.717, 1.165) is 60.7 Å². The first kappa shape index (κ1) is 36.8. The molecule has 3 aromatic heterocycles. The largest absolute Gasteiger partial charge is 0.489 e. The number of hydrogen-bond acceptors (Lipinski definition) is 12. The molecule has 2 aromatic carbocycles. The van der Waals surface area contributed by atoms with Crippen molar-refractivity contribution in [1.82, 2.24) is 44.6 Å². The number of H-pyrrole nitrogens is 1. The van der Waals surface area contributed by atoms with Crippen molar-refractivity contribution in [1.29, 1.82) is 0 Å². The number of piperidine rings is 1. The lowest BCUT2D eigenvalue weighted by molar-refractivity contribution is -0.136. The second-order valence-electron chi connectivity index (χ2n) is 15.3. The number of aromatic nitrogens is 5. The molecule has 4 aliphatic heterocycles. The van der Waals surface area contributed by atoms with Crippen LogP contribution in [0.1, 0.15) is 47.7 Å². The van der Waals surface area contributed by atoms with E-state index >= 15 is 0 Å². The van der Waals surface area contributed by atoms with Crippen LogP contribution in [-0.4, -0.2) is 113 Å². The van der Waals surface area contributed by atoms with E-state index in [4.69, 9.17) is 4.74 Å². The van der Waals surface area contributed by atoms with Gasteiger partial charge in [0, 0.05) is 91.6 Å². The number of nitrogens with one attached hydrogen (secondary N) is 4. The number of benzene rings is 2. The normalized spacial score (nSPS) is 19.1. The topological polar surface area (TPSA) is 199 Å². The van der Waals surface area contributed by atoms with Gasteiger partial charge in [0.15, 0.2) is 11.4 Å². The van der Waals surface area contributed by atoms with Crippen LogP contribution in [0.15, 0.2) is 66.0 Å². The van der Waals surface area contributed by atoms with E-state index in [0.29, 0.717) is 61.1 Å². The minimum atomic E-state index is -3.71. The van der Waals surface area contributed by atoms with E-state index in [9.17, 15) is 22.8 Å². The Labute approximate surface area is 328 Å². The minimum Gasteiger partial charge on any atom is -0.489 e. The van der Waals surface area contributed by atoms with Gasteiger partial charge >= 0.3 is 0 Å². The van der Waals surface area contributed by atoms with Crippen molar-refractivity contribution in [2.75, 3.05) is 56.1 Å². The Hall–Kier alpha value is -5.85. The maximum absolute atomic E-state index is 13.2. The molecular weight excluding hydrogens is 751 g/mol. The van der Waals surface area contributed by atoms with Crippen molar-refractivity contribution in [2.45, 2.75) is 50.6 Å². The van der Waals surface area contributed by atoms with Gasteiger partial charge in [-0.15, -0.1) is 5.10 Å². The van der Waals surface area contributed by atoms with Crippen LogP contribution in [0.2, 0.25) is 0 Å². The van der Waals surface area contributed by atoms with Crippen LogP contribution < -0.4 is 25.0 Å². The Kier molecular flexibility index (Phi) is 9.20. The number of rotatable bonds is 13. The number of carbonyl (C=O) groups excluding carboxylic acids is 3. The molecule has 1 atom stereocenters. The fraction of sp³-hybridized carbons (Fsp3) is 0.385. The third-order valence-electron chi connectivity index (χ3n) is 11.3. The van der Waals surface area contributed by atoms with Crippen molar-refractivity contribution >= 4 is 50.7 Å². The first-order valence-electron chi connectivity index (χ1n) is 19.1. The minimum absolute atomic E-state index is 0.166. The fourth-order valence-electron chi connectivity index (χ4n) is 8.51. The number of imide groups is 1. The lowest BCUT2D eigenvalue weighted by Crippen LogP contribution is -2.72. The summed E-state index contributed by atoms with van der Waals surface area (Å²) in [6, 6.07) is 12.1. The highest BCUT2D eigenvalue weighted by molar-refractivity contribution is 7.89. The molecule has 0 radical (unpaired) electrons. The molecule has 0 bridgehead atoms. The lowest BCUT2D eigenvalue weighted by atomic mass is 9.72. The number of aromatic amines is 1. The molecule has 18 heteroatoms. The van der Waals surface area contributed by atoms with Gasteiger partial charge in [-0.3, -0.25) is 24.8 Å². The fourth-order valence-corrected chi connectivity index (χ4v) is 9.67. The third-order valence-corrected chi connectivity index (χ3v) is 12.8. The Morgan fingerprint density at radius 2 is 1.88 bits per heavy atom. The standard InChI is InChI=1S/C39H43N11O6S/c1-3-56-34-29(26-17-40-41-18-26)11-14-50-35(34)45-38(46-50)43-31-8-6-28(15-24(31)2)57(54,55)42-12-4-13-47-20-39(21-47)22-48(23-39)27-5-7-30-25(16-27)19-49(37(30)53)32-9-10-33(51)44-36(32)52/h5-8,11,14-18,32,42H,3-4,9-10,12-13,19-23H2,1-2H3,(H,40,41)(H,43,46)(H,44,51,52). The maximum Gasteiger partial charge on any atom is 0.255 e. The molecule has 1 unspecified atom stereocenters. The zero-order valence-corrected chi connectivity index (χ0v) is 32.4. The first-order chi connectivity index (χ1) is 27.5. The smallest absolute Gasteiger partial charge is 0.255 e. The van der Waals surface area contributed by atoms with E-state index in [1.165, 1.54) is 0 Å². The van der Waals surface area contributed by atoms with Crippen LogP contribution in [0.5, 0.6) is 5.75 Å². The van der Waals surface area contributed by atoms with Gasteiger partial charge in [-0.25, -0.2) is 17.7 Å². The van der Waals surface area contributed by atoms with Gasteiger partial charge in [0.2, 0.25) is 27.8 Å². The number of nitrogens with zero attached hydrogens (tertiary/aromatic N) is 7. The Morgan fingerprint density at radius 3 is 2.63 bits per heavy atom. The zero-order chi connectivity index (χ0) is 39.5. The molecule has 3 amide bonds. The Balaban J connectivity index is 0.738. The predicted octanol–water partition coefficient (Wildman–Crippen LogP) is 2.82. The van der Waals surface area contributed by atoms with Crippen LogP contribution in [0.25, 0.3) is 16.8 Å². The summed E-state index contributed by atoms with van der Waals surface area (Å²) in [5.41, 5.74) is 6.45. The summed E-state index contributed by atoms with van der Waals surface area (Å²) in [7, 11) is -3.71. The van der Waals surface area contributed by atoms with Crippen molar-refractivity contribution in [3.05, 3.63) is 77.7 Å². The van der Waals surface area contributed by atoms with E-state index in [2.05, 4.69) is 51.5 Å². The average molecular weight is 794 g/mol. The van der Waals surface area contributed by atoms with Crippen molar-refractivity contribution in [2.24, 2.45) is 5.41 Å². The summed E-state index contributed by atoms with van der Waals surface area (Å²) in [6.45, 7) is 9.42. The molecule has 9 rings (SSSR count). The highest BCUT2D eigenvalue weighted by Gasteiger charge is 2.51. The molecule has 5 aromatic rings. The molecular formula is C39H43N11O6S. The molecule has 0 saturated carbocycles. The molecule has 4 N–H and O–H groups in total. The quantitative estimate of drug-likeness (QED) is 0.101. The van der Waals surface area contributed by atoms with Gasteiger partial charge in [0.25, 0.3) is 5.91 Å². The number of amides is 3. The van der Waals surface area contributed by atoms with Gasteiger partial charge < -0.3 is 24.8 Å². The molecule has 7 heterocycles. The number of fused-ring (bicyclic) bond motifs is 2. The summed E-state index contributed by atoms with van der Waals surface area (Å²) < 4.78 is 36.8. The number of carbonyl (C=O) groups is 3. The van der Waals surface area contributed by atoms with Gasteiger partial charge in [-0.1, -0.05) is 0 Å². The number of hydrogen-bond donors (Lipinski definition) is 4. The Bertz CT molecular complexity index is 2510. The number of anilines is 3. The number of aryl methyl sites for hydroxylation is 1. The summed E-state index contributed by atoms with van der Waals surface area (Å²) in [5.74, 6) is 0.0664. The molecule has 17 nitrogen and oxygen atoms in total. The summed E-state index contributed by atoms with van der Waals surface area (Å²) in [6.07, 6.45) is 6.57. The molecule has 3 fully saturated rings.